The molecular formula is C13H29N5. The van der Waals surface area contributed by atoms with E-state index >= 15 is 0 Å². The first-order chi connectivity index (χ1) is 8.61. The van der Waals surface area contributed by atoms with Crippen molar-refractivity contribution in [3.05, 3.63) is 0 Å². The monoisotopic (exact) mass is 255 g/mol. The van der Waals surface area contributed by atoms with Crippen molar-refractivity contribution < 1.29 is 0 Å². The molecule has 1 rings (SSSR count). The van der Waals surface area contributed by atoms with Crippen LogP contribution in [0.5, 0.6) is 0 Å². The summed E-state index contributed by atoms with van der Waals surface area (Å²) in [5.74, 6) is 6.73. The lowest BCUT2D eigenvalue weighted by Gasteiger charge is -2.29. The lowest BCUT2D eigenvalue weighted by atomic mass is 10.1. The van der Waals surface area contributed by atoms with E-state index in [9.17, 15) is 0 Å². The Morgan fingerprint density at radius 2 is 1.89 bits per heavy atom. The first-order valence-electron chi connectivity index (χ1n) is 7.11. The minimum atomic E-state index is 0.366. The molecule has 1 fully saturated rings. The van der Waals surface area contributed by atoms with Crippen LogP contribution in [0.25, 0.3) is 0 Å². The summed E-state index contributed by atoms with van der Waals surface area (Å²) in [5, 5.41) is 3.34. The normalized spacial score (nSPS) is 19.9. The molecule has 0 aliphatic carbocycles. The van der Waals surface area contributed by atoms with Crippen LogP contribution < -0.4 is 16.6 Å². The van der Waals surface area contributed by atoms with Gasteiger partial charge in [0, 0.05) is 19.1 Å². The van der Waals surface area contributed by atoms with Crippen molar-refractivity contribution in [2.75, 3.05) is 26.2 Å². The minimum absolute atomic E-state index is 0.366. The largest absolute Gasteiger partial charge is 0.352 e. The number of nitrogens with two attached hydrogens (primary N) is 1. The second kappa shape index (κ2) is 8.32. The molecule has 4 N–H and O–H groups in total. The van der Waals surface area contributed by atoms with Gasteiger partial charge in [-0.15, -0.1) is 0 Å². The fourth-order valence-electron chi connectivity index (χ4n) is 2.22. The molecule has 0 aromatic heterocycles. The zero-order valence-corrected chi connectivity index (χ0v) is 12.1. The zero-order chi connectivity index (χ0) is 13.4. The lowest BCUT2D eigenvalue weighted by Crippen LogP contribution is -2.50. The first kappa shape index (κ1) is 15.2. The molecule has 1 heterocycles. The smallest absolute Gasteiger partial charge is 0.205 e. The third-order valence-corrected chi connectivity index (χ3v) is 3.12. The molecule has 1 atom stereocenters. The van der Waals surface area contributed by atoms with E-state index in [4.69, 9.17) is 5.84 Å². The molecule has 0 spiro atoms. The number of guanidine groups is 1. The van der Waals surface area contributed by atoms with Crippen molar-refractivity contribution >= 4 is 5.96 Å². The van der Waals surface area contributed by atoms with Gasteiger partial charge in [-0.2, -0.15) is 0 Å². The Morgan fingerprint density at radius 1 is 1.22 bits per heavy atom. The molecule has 1 aliphatic rings. The summed E-state index contributed by atoms with van der Waals surface area (Å²) in [6.07, 6.45) is 4.04. The number of aliphatic imine (C=N–C) groups is 1. The van der Waals surface area contributed by atoms with Crippen LogP contribution in [0.3, 0.4) is 0 Å². The standard InChI is InChI=1S/C13H29N5/c1-11(2)9-15-13(17-14)16-12(3)10-18-7-5-4-6-8-18/h11-12H,4-10,14H2,1-3H3,(H2,15,16,17). The summed E-state index contributed by atoms with van der Waals surface area (Å²) in [6, 6.07) is 0.366. The van der Waals surface area contributed by atoms with Gasteiger partial charge in [0.05, 0.1) is 0 Å². The van der Waals surface area contributed by atoms with Crippen molar-refractivity contribution in [1.82, 2.24) is 15.6 Å². The highest BCUT2D eigenvalue weighted by Gasteiger charge is 2.13. The van der Waals surface area contributed by atoms with E-state index in [2.05, 4.69) is 41.4 Å². The molecule has 1 saturated heterocycles. The highest BCUT2D eigenvalue weighted by atomic mass is 15.3. The molecular weight excluding hydrogens is 226 g/mol. The Morgan fingerprint density at radius 3 is 2.44 bits per heavy atom. The maximum Gasteiger partial charge on any atom is 0.205 e. The molecule has 1 aliphatic heterocycles. The molecule has 1 unspecified atom stereocenters. The SMILES string of the molecule is CC(C)CN=C(NN)NC(C)CN1CCCCC1. The Bertz CT molecular complexity index is 246. The highest BCUT2D eigenvalue weighted by Crippen LogP contribution is 2.08. The lowest BCUT2D eigenvalue weighted by molar-refractivity contribution is 0.214. The van der Waals surface area contributed by atoms with E-state index in [0.717, 1.165) is 13.1 Å². The maximum absolute atomic E-state index is 5.48. The van der Waals surface area contributed by atoms with Gasteiger partial charge in [0.1, 0.15) is 0 Å². The summed E-state index contributed by atoms with van der Waals surface area (Å²) in [5.41, 5.74) is 2.65. The van der Waals surface area contributed by atoms with E-state index in [1.54, 1.807) is 0 Å². The second-order valence-electron chi connectivity index (χ2n) is 5.63. The molecule has 106 valence electrons. The zero-order valence-electron chi connectivity index (χ0n) is 12.1. The molecule has 0 aromatic carbocycles. The van der Waals surface area contributed by atoms with Crippen molar-refractivity contribution in [3.8, 4) is 0 Å². The molecule has 0 bridgehead atoms. The quantitative estimate of drug-likeness (QED) is 0.296. The number of piperidine rings is 1. The average molecular weight is 255 g/mol. The van der Waals surface area contributed by atoms with Gasteiger partial charge >= 0.3 is 0 Å². The molecule has 5 heteroatoms. The Balaban J connectivity index is 2.31. The fourth-order valence-corrected chi connectivity index (χ4v) is 2.22. The van der Waals surface area contributed by atoms with E-state index < -0.39 is 0 Å². The summed E-state index contributed by atoms with van der Waals surface area (Å²) in [6.45, 7) is 10.8. The third kappa shape index (κ3) is 6.21. The molecule has 0 aromatic rings. The predicted molar refractivity (Wildman–Crippen MR) is 77.4 cm³/mol. The summed E-state index contributed by atoms with van der Waals surface area (Å²) in [4.78, 5) is 6.94. The number of nitrogens with zero attached hydrogens (tertiary/aromatic N) is 2. The van der Waals surface area contributed by atoms with E-state index in [1.165, 1.54) is 32.4 Å². The Labute approximate surface area is 111 Å². The van der Waals surface area contributed by atoms with Gasteiger partial charge < -0.3 is 10.2 Å². The van der Waals surface area contributed by atoms with E-state index in [-0.39, 0.29) is 0 Å². The van der Waals surface area contributed by atoms with Gasteiger partial charge in [-0.1, -0.05) is 20.3 Å². The third-order valence-electron chi connectivity index (χ3n) is 3.12. The predicted octanol–water partition coefficient (Wildman–Crippen LogP) is 0.926. The van der Waals surface area contributed by atoms with Crippen LogP contribution in [0, 0.1) is 5.92 Å². The van der Waals surface area contributed by atoms with Crippen LogP contribution in [0.15, 0.2) is 4.99 Å². The summed E-state index contributed by atoms with van der Waals surface area (Å²) < 4.78 is 0. The molecule has 0 amide bonds. The number of nitrogens with one attached hydrogen (secondary N) is 2. The highest BCUT2D eigenvalue weighted by molar-refractivity contribution is 5.79. The van der Waals surface area contributed by atoms with Crippen molar-refractivity contribution in [3.63, 3.8) is 0 Å². The van der Waals surface area contributed by atoms with E-state index in [0.29, 0.717) is 17.9 Å². The van der Waals surface area contributed by atoms with Gasteiger partial charge in [0.15, 0.2) is 0 Å². The second-order valence-corrected chi connectivity index (χ2v) is 5.63. The van der Waals surface area contributed by atoms with Crippen molar-refractivity contribution in [2.45, 2.75) is 46.1 Å². The summed E-state index contributed by atoms with van der Waals surface area (Å²) in [7, 11) is 0. The van der Waals surface area contributed by atoms with Crippen LogP contribution in [-0.4, -0.2) is 43.1 Å². The van der Waals surface area contributed by atoms with E-state index in [1.807, 2.05) is 0 Å². The minimum Gasteiger partial charge on any atom is -0.352 e. The van der Waals surface area contributed by atoms with Gasteiger partial charge in [0.2, 0.25) is 5.96 Å². The Kier molecular flexibility index (Phi) is 7.05. The van der Waals surface area contributed by atoms with Crippen LogP contribution >= 0.6 is 0 Å². The first-order valence-corrected chi connectivity index (χ1v) is 7.11. The van der Waals surface area contributed by atoms with Crippen LogP contribution in [0.4, 0.5) is 0 Å². The average Bonchev–Trinajstić information content (AvgIpc) is 2.35. The molecule has 18 heavy (non-hydrogen) atoms. The number of likely N-dealkylation sites (tertiary alicyclic amines) is 1. The van der Waals surface area contributed by atoms with Gasteiger partial charge in [-0.3, -0.25) is 10.4 Å². The fraction of sp³-hybridized carbons (Fsp3) is 0.923. The van der Waals surface area contributed by atoms with Crippen LogP contribution in [0.2, 0.25) is 0 Å². The van der Waals surface area contributed by atoms with Gasteiger partial charge in [-0.25, -0.2) is 5.84 Å². The summed E-state index contributed by atoms with van der Waals surface area (Å²) >= 11 is 0. The Hall–Kier alpha value is -0.810. The topological polar surface area (TPSA) is 65.7 Å². The molecule has 0 saturated carbocycles. The maximum atomic E-state index is 5.48. The number of hydrogen-bond acceptors (Lipinski definition) is 3. The van der Waals surface area contributed by atoms with Crippen LogP contribution in [-0.2, 0) is 0 Å². The number of hydrogen-bond donors (Lipinski definition) is 3. The van der Waals surface area contributed by atoms with Crippen molar-refractivity contribution in [2.24, 2.45) is 16.8 Å². The van der Waals surface area contributed by atoms with Crippen molar-refractivity contribution in [1.29, 1.82) is 0 Å². The van der Waals surface area contributed by atoms with Crippen LogP contribution in [0.1, 0.15) is 40.0 Å². The number of rotatable bonds is 5. The molecule has 0 radical (unpaired) electrons. The van der Waals surface area contributed by atoms with Gasteiger partial charge in [0.25, 0.3) is 0 Å². The number of hydrazine groups is 1. The molecule has 5 nitrogen and oxygen atoms in total. The van der Waals surface area contributed by atoms with Gasteiger partial charge in [-0.05, 0) is 38.8 Å².